The van der Waals surface area contributed by atoms with E-state index in [1.165, 1.54) is 11.4 Å². The van der Waals surface area contributed by atoms with E-state index in [0.29, 0.717) is 13.0 Å². The molecule has 0 saturated heterocycles. The van der Waals surface area contributed by atoms with Crippen LogP contribution in [-0.4, -0.2) is 12.6 Å². The minimum absolute atomic E-state index is 0.0955. The number of hydrogen-bond acceptors (Lipinski definition) is 2. The van der Waals surface area contributed by atoms with Crippen LogP contribution in [0, 0.1) is 6.92 Å². The molecule has 1 aliphatic rings. The summed E-state index contributed by atoms with van der Waals surface area (Å²) in [7, 11) is 0. The van der Waals surface area contributed by atoms with E-state index >= 15 is 0 Å². The van der Waals surface area contributed by atoms with Crippen molar-refractivity contribution < 1.29 is 14.1 Å². The van der Waals surface area contributed by atoms with Gasteiger partial charge in [0.05, 0.1) is 12.0 Å². The van der Waals surface area contributed by atoms with Crippen molar-refractivity contribution in [1.29, 1.82) is 0 Å². The van der Waals surface area contributed by atoms with E-state index in [-0.39, 0.29) is 17.4 Å². The number of rotatable bonds is 3. The fraction of sp³-hybridized carbons (Fsp3) is 0.600. The highest BCUT2D eigenvalue weighted by atomic mass is 16.5. The standard InChI is InChI=1S/C15H22NO2/c1-5-18-14(17)9-12-10-15(3,4)13-8-6-7-11(2)16(12)13/h6-8,12H,5,9-10H2,1-4H3/q+1. The maximum absolute atomic E-state index is 11.7. The molecule has 1 aliphatic heterocycles. The van der Waals surface area contributed by atoms with E-state index in [9.17, 15) is 4.79 Å². The third kappa shape index (κ3) is 2.26. The molecule has 2 heterocycles. The van der Waals surface area contributed by atoms with Crippen molar-refractivity contribution in [2.45, 2.75) is 52.0 Å². The monoisotopic (exact) mass is 248 g/mol. The quantitative estimate of drug-likeness (QED) is 0.607. The largest absolute Gasteiger partial charge is 0.466 e. The van der Waals surface area contributed by atoms with Crippen LogP contribution in [-0.2, 0) is 14.9 Å². The van der Waals surface area contributed by atoms with E-state index in [1.807, 2.05) is 6.92 Å². The fourth-order valence-corrected chi connectivity index (χ4v) is 3.03. The van der Waals surface area contributed by atoms with Gasteiger partial charge in [-0.25, -0.2) is 0 Å². The highest BCUT2D eigenvalue weighted by Crippen LogP contribution is 2.37. The summed E-state index contributed by atoms with van der Waals surface area (Å²) in [4.78, 5) is 11.7. The molecule has 0 bridgehead atoms. The van der Waals surface area contributed by atoms with Crippen LogP contribution in [0.5, 0.6) is 0 Å². The minimum Gasteiger partial charge on any atom is -0.466 e. The van der Waals surface area contributed by atoms with Crippen molar-refractivity contribution in [3.05, 3.63) is 29.6 Å². The molecule has 1 aromatic rings. The Hall–Kier alpha value is -1.38. The van der Waals surface area contributed by atoms with Crippen molar-refractivity contribution in [1.82, 2.24) is 0 Å². The molecule has 1 atom stereocenters. The molecule has 98 valence electrons. The lowest BCUT2D eigenvalue weighted by Gasteiger charge is -2.11. The average Bonchev–Trinajstić information content (AvgIpc) is 2.52. The molecule has 1 aromatic heterocycles. The first-order chi connectivity index (χ1) is 8.45. The number of carbonyl (C=O) groups is 1. The first-order valence-electron chi connectivity index (χ1n) is 6.63. The normalized spacial score (nSPS) is 20.6. The average molecular weight is 248 g/mol. The number of fused-ring (bicyclic) bond motifs is 1. The molecular formula is C15H22NO2+. The van der Waals surface area contributed by atoms with E-state index in [1.54, 1.807) is 0 Å². The molecule has 18 heavy (non-hydrogen) atoms. The number of ether oxygens (including phenoxy) is 1. The van der Waals surface area contributed by atoms with Gasteiger partial charge in [0.1, 0.15) is 6.42 Å². The van der Waals surface area contributed by atoms with Gasteiger partial charge in [-0.05, 0) is 26.8 Å². The summed E-state index contributed by atoms with van der Waals surface area (Å²) in [5.74, 6) is -0.0955. The van der Waals surface area contributed by atoms with Crippen LogP contribution in [0.15, 0.2) is 18.2 Å². The van der Waals surface area contributed by atoms with Gasteiger partial charge in [0.25, 0.3) is 0 Å². The van der Waals surface area contributed by atoms with Crippen LogP contribution >= 0.6 is 0 Å². The van der Waals surface area contributed by atoms with Crippen LogP contribution in [0.4, 0.5) is 0 Å². The Balaban J connectivity index is 2.30. The van der Waals surface area contributed by atoms with Crippen LogP contribution in [0.3, 0.4) is 0 Å². The van der Waals surface area contributed by atoms with E-state index in [0.717, 1.165) is 6.42 Å². The molecule has 0 spiro atoms. The van der Waals surface area contributed by atoms with Gasteiger partial charge in [0.2, 0.25) is 0 Å². The summed E-state index contributed by atoms with van der Waals surface area (Å²) >= 11 is 0. The summed E-state index contributed by atoms with van der Waals surface area (Å²) in [6, 6.07) is 6.59. The van der Waals surface area contributed by atoms with E-state index in [2.05, 4.69) is 43.5 Å². The molecule has 0 amide bonds. The van der Waals surface area contributed by atoms with Crippen molar-refractivity contribution in [2.24, 2.45) is 0 Å². The minimum atomic E-state index is -0.0955. The smallest absolute Gasteiger partial charge is 0.312 e. The third-order valence-corrected chi connectivity index (χ3v) is 3.74. The van der Waals surface area contributed by atoms with Gasteiger partial charge < -0.3 is 4.74 Å². The van der Waals surface area contributed by atoms with Gasteiger partial charge in [-0.15, -0.1) is 0 Å². The van der Waals surface area contributed by atoms with Gasteiger partial charge >= 0.3 is 5.97 Å². The molecule has 3 nitrogen and oxygen atoms in total. The molecular weight excluding hydrogens is 226 g/mol. The molecule has 0 saturated carbocycles. The van der Waals surface area contributed by atoms with Crippen LogP contribution in [0.1, 0.15) is 51.0 Å². The Bertz CT molecular complexity index is 466. The lowest BCUT2D eigenvalue weighted by molar-refractivity contribution is -0.721. The summed E-state index contributed by atoms with van der Waals surface area (Å²) in [6.07, 6.45) is 1.47. The van der Waals surface area contributed by atoms with Crippen molar-refractivity contribution >= 4 is 5.97 Å². The highest BCUT2D eigenvalue weighted by Gasteiger charge is 2.46. The Morgan fingerprint density at radius 3 is 2.89 bits per heavy atom. The Labute approximate surface area is 109 Å². The number of nitrogens with zero attached hydrogens (tertiary/aromatic N) is 1. The summed E-state index contributed by atoms with van der Waals surface area (Å²) < 4.78 is 7.38. The fourth-order valence-electron chi connectivity index (χ4n) is 3.03. The summed E-state index contributed by atoms with van der Waals surface area (Å²) in [5, 5.41) is 0. The number of aryl methyl sites for hydroxylation is 1. The number of aromatic nitrogens is 1. The highest BCUT2D eigenvalue weighted by molar-refractivity contribution is 5.69. The maximum Gasteiger partial charge on any atom is 0.312 e. The molecule has 1 unspecified atom stereocenters. The number of pyridine rings is 1. The zero-order valence-corrected chi connectivity index (χ0v) is 11.7. The SMILES string of the molecule is CCOC(=O)CC1CC(C)(C)c2cccc(C)[n+]21. The molecule has 0 aliphatic carbocycles. The van der Waals surface area contributed by atoms with E-state index in [4.69, 9.17) is 4.74 Å². The maximum atomic E-state index is 11.7. The molecule has 0 radical (unpaired) electrons. The van der Waals surface area contributed by atoms with Crippen LogP contribution in [0.2, 0.25) is 0 Å². The van der Waals surface area contributed by atoms with Gasteiger partial charge in [0, 0.05) is 25.5 Å². The Morgan fingerprint density at radius 1 is 1.50 bits per heavy atom. The van der Waals surface area contributed by atoms with Crippen molar-refractivity contribution in [2.75, 3.05) is 6.61 Å². The van der Waals surface area contributed by atoms with Crippen LogP contribution < -0.4 is 4.57 Å². The van der Waals surface area contributed by atoms with Gasteiger partial charge in [-0.2, -0.15) is 4.57 Å². The number of hydrogen-bond donors (Lipinski definition) is 0. The van der Waals surface area contributed by atoms with Crippen LogP contribution in [0.25, 0.3) is 0 Å². The third-order valence-electron chi connectivity index (χ3n) is 3.74. The van der Waals surface area contributed by atoms with Gasteiger partial charge in [-0.1, -0.05) is 0 Å². The molecule has 0 fully saturated rings. The molecule has 0 N–H and O–H groups in total. The van der Waals surface area contributed by atoms with Gasteiger partial charge in [-0.3, -0.25) is 4.79 Å². The topological polar surface area (TPSA) is 30.2 Å². The predicted octanol–water partition coefficient (Wildman–Crippen LogP) is 2.46. The van der Waals surface area contributed by atoms with E-state index < -0.39 is 0 Å². The second kappa shape index (κ2) is 4.71. The number of carbonyl (C=O) groups excluding carboxylic acids is 1. The zero-order chi connectivity index (χ0) is 13.3. The first kappa shape index (κ1) is 13.1. The predicted molar refractivity (Wildman–Crippen MR) is 69.3 cm³/mol. The summed E-state index contributed by atoms with van der Waals surface area (Å²) in [6.45, 7) is 8.89. The first-order valence-corrected chi connectivity index (χ1v) is 6.63. The number of esters is 1. The lowest BCUT2D eigenvalue weighted by atomic mass is 9.86. The second-order valence-corrected chi connectivity index (χ2v) is 5.67. The summed E-state index contributed by atoms with van der Waals surface area (Å²) in [5.41, 5.74) is 2.66. The molecule has 2 rings (SSSR count). The molecule has 0 aromatic carbocycles. The Morgan fingerprint density at radius 2 is 2.22 bits per heavy atom. The van der Waals surface area contributed by atoms with Crippen molar-refractivity contribution in [3.63, 3.8) is 0 Å². The van der Waals surface area contributed by atoms with Crippen molar-refractivity contribution in [3.8, 4) is 0 Å². The second-order valence-electron chi connectivity index (χ2n) is 5.67. The molecule has 3 heteroatoms. The Kier molecular flexibility index (Phi) is 3.42. The zero-order valence-electron chi connectivity index (χ0n) is 11.7. The lowest BCUT2D eigenvalue weighted by Crippen LogP contribution is -2.42. The van der Waals surface area contributed by atoms with Gasteiger partial charge in [0.15, 0.2) is 17.4 Å².